The number of pyridine rings is 1. The topological polar surface area (TPSA) is 54.2 Å². The van der Waals surface area contributed by atoms with Gasteiger partial charge in [0.25, 0.3) is 0 Å². The van der Waals surface area contributed by atoms with Crippen LogP contribution in [0.3, 0.4) is 0 Å². The smallest absolute Gasteiger partial charge is 0.0565 e. The lowest BCUT2D eigenvalue weighted by Gasteiger charge is -2.20. The first-order chi connectivity index (χ1) is 7.69. The van der Waals surface area contributed by atoms with Gasteiger partial charge in [0.15, 0.2) is 0 Å². The summed E-state index contributed by atoms with van der Waals surface area (Å²) < 4.78 is 0. The van der Waals surface area contributed by atoms with E-state index in [1.54, 1.807) is 6.20 Å². The zero-order valence-corrected chi connectivity index (χ0v) is 9.98. The van der Waals surface area contributed by atoms with Crippen molar-refractivity contribution >= 4 is 5.69 Å². The zero-order valence-electron chi connectivity index (χ0n) is 9.98. The molecular formula is C12H20N4. The van der Waals surface area contributed by atoms with Crippen molar-refractivity contribution in [3.8, 4) is 0 Å². The largest absolute Gasteiger partial charge is 0.324 e. The number of nitrogens with zero attached hydrogens (tertiary/aromatic N) is 2. The molecule has 0 aromatic carbocycles. The SMILES string of the molecule is CC1CC(C)N(Cc2cc(NN)ccn2)C1. The number of hydrogen-bond acceptors (Lipinski definition) is 4. The van der Waals surface area contributed by atoms with Gasteiger partial charge >= 0.3 is 0 Å². The number of nitrogens with two attached hydrogens (primary N) is 1. The quantitative estimate of drug-likeness (QED) is 0.600. The molecule has 1 aromatic heterocycles. The van der Waals surface area contributed by atoms with E-state index in [1.165, 1.54) is 13.0 Å². The van der Waals surface area contributed by atoms with Crippen molar-refractivity contribution in [1.29, 1.82) is 0 Å². The predicted octanol–water partition coefficient (Wildman–Crippen LogP) is 1.60. The summed E-state index contributed by atoms with van der Waals surface area (Å²) in [4.78, 5) is 6.85. The molecular weight excluding hydrogens is 200 g/mol. The second kappa shape index (κ2) is 4.80. The fraction of sp³-hybridized carbons (Fsp3) is 0.583. The first kappa shape index (κ1) is 11.4. The molecule has 0 aliphatic carbocycles. The van der Waals surface area contributed by atoms with Gasteiger partial charge in [0.1, 0.15) is 0 Å². The van der Waals surface area contributed by atoms with Crippen LogP contribution in [0.1, 0.15) is 26.0 Å². The maximum atomic E-state index is 5.38. The number of nitrogen functional groups attached to an aromatic ring is 1. The molecule has 0 saturated carbocycles. The lowest BCUT2D eigenvalue weighted by Crippen LogP contribution is -2.27. The van der Waals surface area contributed by atoms with E-state index in [2.05, 4.69) is 29.2 Å². The molecule has 16 heavy (non-hydrogen) atoms. The standard InChI is InChI=1S/C12H20N4/c1-9-5-10(2)16(7-9)8-12-6-11(15-13)3-4-14-12/h3-4,6,9-10H,5,7-8,13H2,1-2H3,(H,14,15). The molecule has 0 amide bonds. The predicted molar refractivity (Wildman–Crippen MR) is 65.7 cm³/mol. The van der Waals surface area contributed by atoms with E-state index in [1.807, 2.05) is 12.1 Å². The molecule has 3 N–H and O–H groups in total. The average Bonchev–Trinajstić information content (AvgIpc) is 2.58. The van der Waals surface area contributed by atoms with Crippen molar-refractivity contribution in [1.82, 2.24) is 9.88 Å². The van der Waals surface area contributed by atoms with Crippen LogP contribution in [-0.4, -0.2) is 22.5 Å². The third kappa shape index (κ3) is 2.51. The highest BCUT2D eigenvalue weighted by molar-refractivity contribution is 5.41. The first-order valence-electron chi connectivity index (χ1n) is 5.84. The van der Waals surface area contributed by atoms with Gasteiger partial charge < -0.3 is 5.43 Å². The van der Waals surface area contributed by atoms with Gasteiger partial charge in [0.2, 0.25) is 0 Å². The molecule has 2 heterocycles. The second-order valence-electron chi connectivity index (χ2n) is 4.80. The highest BCUT2D eigenvalue weighted by Crippen LogP contribution is 2.24. The van der Waals surface area contributed by atoms with Crippen LogP contribution in [0.15, 0.2) is 18.3 Å². The van der Waals surface area contributed by atoms with E-state index < -0.39 is 0 Å². The normalized spacial score (nSPS) is 25.9. The number of anilines is 1. The molecule has 0 bridgehead atoms. The van der Waals surface area contributed by atoms with Gasteiger partial charge in [-0.1, -0.05) is 6.92 Å². The van der Waals surface area contributed by atoms with Crippen LogP contribution in [0.5, 0.6) is 0 Å². The Kier molecular flexibility index (Phi) is 3.41. The number of hydrazine groups is 1. The summed E-state index contributed by atoms with van der Waals surface area (Å²) in [7, 11) is 0. The number of rotatable bonds is 3. The van der Waals surface area contributed by atoms with Crippen LogP contribution < -0.4 is 11.3 Å². The highest BCUT2D eigenvalue weighted by atomic mass is 15.2. The van der Waals surface area contributed by atoms with Gasteiger partial charge in [0.05, 0.1) is 11.4 Å². The Bertz CT molecular complexity index is 353. The van der Waals surface area contributed by atoms with Crippen LogP contribution in [0.25, 0.3) is 0 Å². The van der Waals surface area contributed by atoms with Crippen LogP contribution >= 0.6 is 0 Å². The first-order valence-corrected chi connectivity index (χ1v) is 5.84. The molecule has 2 rings (SSSR count). The van der Waals surface area contributed by atoms with Crippen molar-refractivity contribution in [2.75, 3.05) is 12.0 Å². The molecule has 1 saturated heterocycles. The Morgan fingerprint density at radius 3 is 3.00 bits per heavy atom. The summed E-state index contributed by atoms with van der Waals surface area (Å²) in [6.45, 7) is 6.68. The number of hydrogen-bond donors (Lipinski definition) is 2. The van der Waals surface area contributed by atoms with Gasteiger partial charge in [-0.2, -0.15) is 0 Å². The molecule has 1 aliphatic rings. The Hall–Kier alpha value is -1.13. The second-order valence-corrected chi connectivity index (χ2v) is 4.80. The van der Waals surface area contributed by atoms with Gasteiger partial charge in [0, 0.05) is 25.3 Å². The molecule has 0 spiro atoms. The molecule has 1 aliphatic heterocycles. The summed E-state index contributed by atoms with van der Waals surface area (Å²) >= 11 is 0. The van der Waals surface area contributed by atoms with Crippen molar-refractivity contribution < 1.29 is 0 Å². The number of aromatic nitrogens is 1. The van der Waals surface area contributed by atoms with Crippen LogP contribution in [0, 0.1) is 5.92 Å². The lowest BCUT2D eigenvalue weighted by atomic mass is 10.1. The van der Waals surface area contributed by atoms with Crippen molar-refractivity contribution in [2.45, 2.75) is 32.9 Å². The fourth-order valence-electron chi connectivity index (χ4n) is 2.47. The molecule has 0 radical (unpaired) electrons. The zero-order chi connectivity index (χ0) is 11.5. The molecule has 88 valence electrons. The Morgan fingerprint density at radius 2 is 2.38 bits per heavy atom. The Morgan fingerprint density at radius 1 is 1.56 bits per heavy atom. The van der Waals surface area contributed by atoms with Crippen molar-refractivity contribution in [3.05, 3.63) is 24.0 Å². The van der Waals surface area contributed by atoms with E-state index in [0.29, 0.717) is 6.04 Å². The van der Waals surface area contributed by atoms with E-state index in [9.17, 15) is 0 Å². The third-order valence-corrected chi connectivity index (χ3v) is 3.26. The van der Waals surface area contributed by atoms with Crippen molar-refractivity contribution in [3.63, 3.8) is 0 Å². The minimum Gasteiger partial charge on any atom is -0.324 e. The maximum Gasteiger partial charge on any atom is 0.0565 e. The Labute approximate surface area is 96.8 Å². The summed E-state index contributed by atoms with van der Waals surface area (Å²) in [6, 6.07) is 4.54. The summed E-state index contributed by atoms with van der Waals surface area (Å²) in [5.41, 5.74) is 4.65. The van der Waals surface area contributed by atoms with Crippen LogP contribution in [0.2, 0.25) is 0 Å². The fourth-order valence-corrected chi connectivity index (χ4v) is 2.47. The highest BCUT2D eigenvalue weighted by Gasteiger charge is 2.25. The monoisotopic (exact) mass is 220 g/mol. The molecule has 2 atom stereocenters. The molecule has 1 fully saturated rings. The van der Waals surface area contributed by atoms with Gasteiger partial charge in [-0.15, -0.1) is 0 Å². The Balaban J connectivity index is 2.03. The van der Waals surface area contributed by atoms with Gasteiger partial charge in [-0.25, -0.2) is 0 Å². The number of nitrogens with one attached hydrogen (secondary N) is 1. The maximum absolute atomic E-state index is 5.38. The summed E-state index contributed by atoms with van der Waals surface area (Å²) in [6.07, 6.45) is 3.09. The molecule has 1 aromatic rings. The van der Waals surface area contributed by atoms with Gasteiger partial charge in [-0.3, -0.25) is 15.7 Å². The van der Waals surface area contributed by atoms with E-state index in [0.717, 1.165) is 23.8 Å². The minimum absolute atomic E-state index is 0.659. The van der Waals surface area contributed by atoms with Crippen LogP contribution in [0.4, 0.5) is 5.69 Å². The van der Waals surface area contributed by atoms with E-state index in [-0.39, 0.29) is 0 Å². The van der Waals surface area contributed by atoms with E-state index in [4.69, 9.17) is 5.84 Å². The average molecular weight is 220 g/mol. The van der Waals surface area contributed by atoms with Gasteiger partial charge in [-0.05, 0) is 31.4 Å². The number of likely N-dealkylation sites (tertiary alicyclic amines) is 1. The van der Waals surface area contributed by atoms with E-state index >= 15 is 0 Å². The molecule has 4 nitrogen and oxygen atoms in total. The lowest BCUT2D eigenvalue weighted by molar-refractivity contribution is 0.253. The van der Waals surface area contributed by atoms with Crippen LogP contribution in [-0.2, 0) is 6.54 Å². The summed E-state index contributed by atoms with van der Waals surface area (Å²) in [5, 5.41) is 0. The van der Waals surface area contributed by atoms with Crippen molar-refractivity contribution in [2.24, 2.45) is 11.8 Å². The summed E-state index contributed by atoms with van der Waals surface area (Å²) in [5.74, 6) is 6.18. The molecule has 2 unspecified atom stereocenters. The molecule has 4 heteroatoms. The third-order valence-electron chi connectivity index (χ3n) is 3.26. The minimum atomic E-state index is 0.659.